The van der Waals surface area contributed by atoms with Crippen LogP contribution < -0.4 is 75.3 Å². The highest BCUT2D eigenvalue weighted by Crippen LogP contribution is 2.49. The van der Waals surface area contributed by atoms with Crippen molar-refractivity contribution < 1.29 is 120 Å². The van der Waals surface area contributed by atoms with Crippen LogP contribution in [0.4, 0.5) is 59.4 Å². The first-order chi connectivity index (χ1) is 45.5. The minimum absolute atomic E-state index is 0. The number of aliphatic hydroxyl groups is 1. The number of anilines is 2. The Hall–Kier alpha value is -7.33. The number of hydrogen-bond donors (Lipinski definition) is 4. The minimum atomic E-state index is -3.48. The largest absolute Gasteiger partial charge is 1.00 e. The number of nitrogens with one attached hydrogen (secondary N) is 1. The number of nitrogens with two attached hydrogens (primary N) is 1. The number of hydrogen-bond acceptors (Lipinski definition) is 16. The number of alkyl halides is 3. The number of carboxylic acids is 1. The van der Waals surface area contributed by atoms with Gasteiger partial charge in [0.25, 0.3) is 0 Å². The molecule has 0 unspecified atom stereocenters. The Morgan fingerprint density at radius 3 is 1.24 bits per heavy atom. The number of benzene rings is 3. The first kappa shape index (κ1) is 77.0. The Kier molecular flexibility index (Phi) is 25.5. The molecule has 12 atom stereocenters. The summed E-state index contributed by atoms with van der Waals surface area (Å²) in [5.41, 5.74) is 1.50. The summed E-state index contributed by atoms with van der Waals surface area (Å²) >= 11 is 0. The fourth-order valence-electron chi connectivity index (χ4n) is 13.0. The van der Waals surface area contributed by atoms with E-state index in [1.165, 1.54) is 42.9 Å². The average Bonchev–Trinajstić information content (AvgIpc) is 1.52. The van der Waals surface area contributed by atoms with Gasteiger partial charge < -0.3 is 92.3 Å². The molecule has 6 aromatic rings. The van der Waals surface area contributed by atoms with E-state index in [1.807, 2.05) is 11.8 Å². The first-order valence-electron chi connectivity index (χ1n) is 31.1. The fraction of sp³-hybridized carbons (Fsp3) is 0.524. The number of rotatable bonds is 16. The molecule has 20 nitrogen and oxygen atoms in total. The summed E-state index contributed by atoms with van der Waals surface area (Å²) in [5.74, 6) is -6.73. The molecule has 3 saturated heterocycles. The number of aliphatic hydroxyl groups excluding tert-OH is 1. The van der Waals surface area contributed by atoms with Gasteiger partial charge in [-0.2, -0.15) is 4.39 Å². The Balaban J connectivity index is 0.000000191. The zero-order valence-electron chi connectivity index (χ0n) is 54.3. The molecule has 12 rings (SSSR count). The van der Waals surface area contributed by atoms with E-state index in [1.54, 1.807) is 4.90 Å². The Bertz CT molecular complexity index is 4100. The third kappa shape index (κ3) is 15.9. The monoisotopic (exact) mass is 1490 g/mol. The molecular weight excluding hydrogens is 1420 g/mol. The first-order valence-corrected chi connectivity index (χ1v) is 31.1. The SMILES string of the molecule is CC[C@H]1CN(c2c(F)cc3c(=O)c(C(=O)O)cn([C@@H]4C[C@@H]4F)c3c2OC)C[C@H]1N.CC[C@H]1CN(c2c(F)cc3c(=O)c(C(=O)OB(F)F)cn([C@@H]4C[C@@H]4F)c3c2OC)C[C@H]1C.CC[C@H]1CNC[C@H]1C.CO.COc1c(F)c(F)cc2c(=O)c(C(=O)OB(F)F)cn([C@@H]3C[C@@H]3F)c12.[I-]. The van der Waals surface area contributed by atoms with Crippen LogP contribution in [0.5, 0.6) is 17.2 Å². The molecule has 3 aliphatic carbocycles. The molecule has 6 heterocycles. The van der Waals surface area contributed by atoms with Gasteiger partial charge in [0, 0.05) is 77.2 Å². The Morgan fingerprint density at radius 2 is 0.918 bits per heavy atom. The summed E-state index contributed by atoms with van der Waals surface area (Å²) in [4.78, 5) is 76.9. The number of carbonyl (C=O) groups excluding carboxylic acids is 2. The number of pyridine rings is 3. The van der Waals surface area contributed by atoms with Crippen LogP contribution in [0.2, 0.25) is 0 Å². The number of ether oxygens (including phenoxy) is 3. The quantitative estimate of drug-likeness (QED) is 0.0441. The second-order valence-electron chi connectivity index (χ2n) is 24.4. The van der Waals surface area contributed by atoms with Crippen LogP contribution in [0, 0.1) is 52.9 Å². The molecule has 3 aromatic heterocycles. The van der Waals surface area contributed by atoms with E-state index in [0.717, 1.165) is 74.2 Å². The third-order valence-electron chi connectivity index (χ3n) is 18.5. The topological polar surface area (TPSA) is 248 Å². The molecule has 0 bridgehead atoms. The van der Waals surface area contributed by atoms with Crippen molar-refractivity contribution in [1.82, 2.24) is 19.0 Å². The second kappa shape index (κ2) is 32.1. The summed E-state index contributed by atoms with van der Waals surface area (Å²) in [6, 6.07) is 0.136. The van der Waals surface area contributed by atoms with Gasteiger partial charge >= 0.3 is 32.8 Å². The summed E-state index contributed by atoms with van der Waals surface area (Å²) in [7, 11) is -2.22. The number of carboxylic acid groups (broad SMARTS) is 1. The molecule has 6 aliphatic rings. The highest BCUT2D eigenvalue weighted by atomic mass is 127. The maximum Gasteiger partial charge on any atom is 0.798 e. The molecule has 5 N–H and O–H groups in total. The number of methoxy groups -OCH3 is 3. The van der Waals surface area contributed by atoms with Gasteiger partial charge in [-0.05, 0) is 60.9 Å². The van der Waals surface area contributed by atoms with Crippen molar-refractivity contribution >= 4 is 76.9 Å². The van der Waals surface area contributed by atoms with Gasteiger partial charge in [0.2, 0.25) is 22.1 Å². The minimum Gasteiger partial charge on any atom is -1.00 e. The Labute approximate surface area is 566 Å². The molecule has 6 fully saturated rings. The number of aromatic carboxylic acids is 1. The summed E-state index contributed by atoms with van der Waals surface area (Å²) < 4.78 is 176. The van der Waals surface area contributed by atoms with Crippen LogP contribution >= 0.6 is 0 Å². The van der Waals surface area contributed by atoms with Gasteiger partial charge in [0.05, 0.1) is 72.2 Å². The maximum atomic E-state index is 15.3. The van der Waals surface area contributed by atoms with E-state index < -0.39 is 137 Å². The van der Waals surface area contributed by atoms with Crippen LogP contribution in [-0.2, 0) is 9.31 Å². The predicted octanol–water partition coefficient (Wildman–Crippen LogP) is 6.82. The van der Waals surface area contributed by atoms with Gasteiger partial charge in [-0.25, -0.2) is 58.0 Å². The lowest BCUT2D eigenvalue weighted by atomic mass is 9.96. The van der Waals surface area contributed by atoms with Gasteiger partial charge in [-0.3, -0.25) is 14.4 Å². The highest BCUT2D eigenvalue weighted by molar-refractivity contribution is 6.38. The van der Waals surface area contributed by atoms with E-state index in [0.29, 0.717) is 44.1 Å². The van der Waals surface area contributed by atoms with Crippen LogP contribution in [-0.4, -0.2) is 149 Å². The van der Waals surface area contributed by atoms with Gasteiger partial charge in [-0.15, -0.1) is 0 Å². The van der Waals surface area contributed by atoms with Crippen molar-refractivity contribution in [3.05, 3.63) is 107 Å². The number of aromatic nitrogens is 3. The lowest BCUT2D eigenvalue weighted by Gasteiger charge is -2.25. The normalized spacial score (nSPS) is 24.1. The number of fused-ring (bicyclic) bond motifs is 3. The maximum absolute atomic E-state index is 15.3. The molecule has 34 heteroatoms. The van der Waals surface area contributed by atoms with E-state index in [4.69, 9.17) is 25.1 Å². The third-order valence-corrected chi connectivity index (χ3v) is 18.5. The molecule has 3 aliphatic heterocycles. The van der Waals surface area contributed by atoms with Crippen molar-refractivity contribution in [3.63, 3.8) is 0 Å². The van der Waals surface area contributed by atoms with E-state index in [2.05, 4.69) is 42.3 Å². The molecule has 0 spiro atoms. The highest BCUT2D eigenvalue weighted by Gasteiger charge is 2.45. The van der Waals surface area contributed by atoms with Crippen LogP contribution in [0.15, 0.2) is 51.2 Å². The average molecular weight is 1490 g/mol. The van der Waals surface area contributed by atoms with E-state index in [-0.39, 0.29) is 105 Å². The van der Waals surface area contributed by atoms with Crippen LogP contribution in [0.1, 0.15) is 122 Å². The second-order valence-corrected chi connectivity index (χ2v) is 24.4. The van der Waals surface area contributed by atoms with Crippen LogP contribution in [0.3, 0.4) is 0 Å². The van der Waals surface area contributed by atoms with Crippen molar-refractivity contribution in [2.45, 2.75) is 116 Å². The zero-order valence-corrected chi connectivity index (χ0v) is 56.4. The molecule has 3 aromatic carbocycles. The summed E-state index contributed by atoms with van der Waals surface area (Å²) in [6.07, 6.45) is 2.54. The molecule has 97 heavy (non-hydrogen) atoms. The molecule has 530 valence electrons. The lowest BCUT2D eigenvalue weighted by Crippen LogP contribution is -3.00. The molecule has 3 saturated carbocycles. The molecule has 0 amide bonds. The van der Waals surface area contributed by atoms with Gasteiger partial charge in [0.1, 0.15) is 46.6 Å². The number of carbonyl (C=O) groups is 3. The fourth-order valence-corrected chi connectivity index (χ4v) is 13.0. The number of nitrogens with zero attached hydrogens (tertiary/aromatic N) is 5. The molecule has 0 radical (unpaired) electrons. The van der Waals surface area contributed by atoms with Gasteiger partial charge in [0.15, 0.2) is 34.7 Å². The van der Waals surface area contributed by atoms with Crippen molar-refractivity contribution in [1.29, 1.82) is 0 Å². The van der Waals surface area contributed by atoms with E-state index in [9.17, 15) is 73.1 Å². The predicted molar refractivity (Wildman–Crippen MR) is 337 cm³/mol. The Morgan fingerprint density at radius 1 is 0.557 bits per heavy atom. The summed E-state index contributed by atoms with van der Waals surface area (Å²) in [6.45, 7) is 15.4. The summed E-state index contributed by atoms with van der Waals surface area (Å²) in [5, 5.41) is 18.8. The van der Waals surface area contributed by atoms with E-state index >= 15 is 8.78 Å². The van der Waals surface area contributed by atoms with Crippen molar-refractivity contribution in [2.24, 2.45) is 35.3 Å². The van der Waals surface area contributed by atoms with Crippen molar-refractivity contribution in [3.8, 4) is 17.2 Å². The smallest absolute Gasteiger partial charge is 0.798 e. The molecular formula is C63H74B2F11IN7O13-. The number of halogens is 12. The van der Waals surface area contributed by atoms with Crippen LogP contribution in [0.25, 0.3) is 32.7 Å². The van der Waals surface area contributed by atoms with Crippen molar-refractivity contribution in [2.75, 3.05) is 77.5 Å². The zero-order chi connectivity index (χ0) is 70.8. The van der Waals surface area contributed by atoms with Gasteiger partial charge in [-0.1, -0.05) is 53.9 Å². The standard InChI is InChI=1S/C21H23BF4N2O4.C20H23F2N3O4.C14H9BF5NO4.C7H15N.CH4O.HI/c1-4-11-8-27(7-10(11)2)18-15(24)5-12-17(20(18)31-3)28(16-6-14(16)23)9-13(19(12)29)21(30)32-22(25)26;1-3-9-6-24(8-14(9)23)17-13(22)4-10-16(19(17)29-2)25(15-5-12(15)21)7-11(18(10)26)20(27)28;1-24-13-10(18)8(17)2-5-11(13)21(9-3-7(9)16)4-6(12(5)22)14(23)25-15(19)20;1-3-7-5-8-4-6(7)2;1-2;/h5,9-11,14,16H,4,6-8H2,1-3H3;4,7,9,12,14-15H,3,5-6,8,23H2,1-2H3,(H,27,28);2,4,7,9H,3H2,1H3;6-8H,3-5H2,1-2H3;2H,1H3;1H/p-1/t10-,11+,14+,16-;9-,12-,14+,15+;7-,9+;6-,7+;;/m1001../s1. The lowest BCUT2D eigenvalue weighted by molar-refractivity contribution is -0.0000744.